The zero-order valence-electron chi connectivity index (χ0n) is 9.57. The Morgan fingerprint density at radius 2 is 2.33 bits per heavy atom. The lowest BCUT2D eigenvalue weighted by atomic mass is 10.1. The molecule has 1 rings (SSSR count). The summed E-state index contributed by atoms with van der Waals surface area (Å²) >= 11 is 1.85. The van der Waals surface area contributed by atoms with Gasteiger partial charge in [0, 0.05) is 12.2 Å². The first kappa shape index (κ1) is 12.5. The highest BCUT2D eigenvalue weighted by molar-refractivity contribution is 7.99. The molecule has 0 fully saturated rings. The van der Waals surface area contributed by atoms with Gasteiger partial charge in [0.2, 0.25) is 0 Å². The minimum Gasteiger partial charge on any atom is -0.328 e. The molecule has 0 aliphatic rings. The molecule has 15 heavy (non-hydrogen) atoms. The van der Waals surface area contributed by atoms with Gasteiger partial charge >= 0.3 is 0 Å². The van der Waals surface area contributed by atoms with Crippen molar-refractivity contribution in [2.24, 2.45) is 5.73 Å². The monoisotopic (exact) mass is 224 g/mol. The molecule has 0 radical (unpaired) electrons. The molecule has 1 heterocycles. The molecule has 0 bridgehead atoms. The Labute approximate surface area is 96.7 Å². The van der Waals surface area contributed by atoms with E-state index in [1.807, 2.05) is 30.9 Å². The summed E-state index contributed by atoms with van der Waals surface area (Å²) in [7, 11) is 0. The second-order valence-corrected chi connectivity index (χ2v) is 4.93. The molecule has 0 spiro atoms. The van der Waals surface area contributed by atoms with E-state index in [0.29, 0.717) is 0 Å². The van der Waals surface area contributed by atoms with Crippen molar-refractivity contribution in [3.05, 3.63) is 23.9 Å². The number of unbranched alkanes of at least 4 members (excludes halogenated alkanes) is 1. The van der Waals surface area contributed by atoms with Crippen LogP contribution in [0.2, 0.25) is 0 Å². The summed E-state index contributed by atoms with van der Waals surface area (Å²) in [6.45, 7) is 4.25. The maximum Gasteiger partial charge on any atom is 0.0992 e. The van der Waals surface area contributed by atoms with E-state index in [-0.39, 0.29) is 6.04 Å². The first-order valence-corrected chi connectivity index (χ1v) is 6.55. The molecule has 2 nitrogen and oxygen atoms in total. The SMILES string of the molecule is CCCCSc1ncccc1CC(C)N. The molecule has 0 saturated heterocycles. The van der Waals surface area contributed by atoms with E-state index in [1.165, 1.54) is 18.4 Å². The van der Waals surface area contributed by atoms with Gasteiger partial charge in [-0.25, -0.2) is 4.98 Å². The molecule has 2 N–H and O–H groups in total. The van der Waals surface area contributed by atoms with Crippen LogP contribution >= 0.6 is 11.8 Å². The van der Waals surface area contributed by atoms with Crippen molar-refractivity contribution < 1.29 is 0 Å². The van der Waals surface area contributed by atoms with E-state index in [9.17, 15) is 0 Å². The smallest absolute Gasteiger partial charge is 0.0992 e. The number of rotatable bonds is 6. The Morgan fingerprint density at radius 1 is 1.53 bits per heavy atom. The lowest BCUT2D eigenvalue weighted by Crippen LogP contribution is -2.18. The van der Waals surface area contributed by atoms with Crippen LogP contribution in [0.5, 0.6) is 0 Å². The molecule has 0 aliphatic carbocycles. The molecule has 0 amide bonds. The second-order valence-electron chi connectivity index (χ2n) is 3.85. The molecule has 0 aliphatic heterocycles. The summed E-state index contributed by atoms with van der Waals surface area (Å²) in [5.41, 5.74) is 7.10. The Balaban J connectivity index is 2.60. The molecule has 1 aromatic heterocycles. The summed E-state index contributed by atoms with van der Waals surface area (Å²) in [4.78, 5) is 4.41. The van der Waals surface area contributed by atoms with Crippen LogP contribution in [-0.4, -0.2) is 16.8 Å². The van der Waals surface area contributed by atoms with Crippen molar-refractivity contribution in [2.45, 2.75) is 44.2 Å². The van der Waals surface area contributed by atoms with E-state index < -0.39 is 0 Å². The van der Waals surface area contributed by atoms with Crippen LogP contribution < -0.4 is 5.73 Å². The number of nitrogens with two attached hydrogens (primary N) is 1. The first-order chi connectivity index (χ1) is 7.24. The minimum absolute atomic E-state index is 0.208. The predicted molar refractivity (Wildman–Crippen MR) is 67.2 cm³/mol. The van der Waals surface area contributed by atoms with Crippen molar-refractivity contribution in [1.29, 1.82) is 0 Å². The Bertz CT molecular complexity index is 287. The van der Waals surface area contributed by atoms with Crippen molar-refractivity contribution >= 4 is 11.8 Å². The first-order valence-electron chi connectivity index (χ1n) is 5.56. The maximum absolute atomic E-state index is 5.81. The van der Waals surface area contributed by atoms with Crippen LogP contribution in [0, 0.1) is 0 Å². The van der Waals surface area contributed by atoms with Gasteiger partial charge in [0.15, 0.2) is 0 Å². The number of hydrogen-bond acceptors (Lipinski definition) is 3. The average molecular weight is 224 g/mol. The molecule has 0 aromatic carbocycles. The third kappa shape index (κ3) is 4.67. The number of nitrogens with zero attached hydrogens (tertiary/aromatic N) is 1. The highest BCUT2D eigenvalue weighted by atomic mass is 32.2. The molecular formula is C12H20N2S. The molecule has 0 saturated carbocycles. The van der Waals surface area contributed by atoms with Crippen LogP contribution in [0.4, 0.5) is 0 Å². The second kappa shape index (κ2) is 6.85. The lowest BCUT2D eigenvalue weighted by molar-refractivity contribution is 0.722. The van der Waals surface area contributed by atoms with Gasteiger partial charge in [-0.15, -0.1) is 11.8 Å². The summed E-state index contributed by atoms with van der Waals surface area (Å²) in [5, 5.41) is 1.16. The normalized spacial score (nSPS) is 12.7. The molecule has 84 valence electrons. The molecular weight excluding hydrogens is 204 g/mol. The number of thioether (sulfide) groups is 1. The largest absolute Gasteiger partial charge is 0.328 e. The zero-order chi connectivity index (χ0) is 11.1. The number of pyridine rings is 1. The fourth-order valence-corrected chi connectivity index (χ4v) is 2.47. The van der Waals surface area contributed by atoms with Crippen LogP contribution in [-0.2, 0) is 6.42 Å². The van der Waals surface area contributed by atoms with Crippen molar-refractivity contribution in [2.75, 3.05) is 5.75 Å². The Morgan fingerprint density at radius 3 is 3.00 bits per heavy atom. The van der Waals surface area contributed by atoms with Gasteiger partial charge in [0.1, 0.15) is 0 Å². The molecule has 3 heteroatoms. The number of hydrogen-bond donors (Lipinski definition) is 1. The van der Waals surface area contributed by atoms with Gasteiger partial charge in [0.25, 0.3) is 0 Å². The molecule has 1 unspecified atom stereocenters. The van der Waals surface area contributed by atoms with Crippen LogP contribution in [0.25, 0.3) is 0 Å². The average Bonchev–Trinajstić information content (AvgIpc) is 2.20. The fraction of sp³-hybridized carbons (Fsp3) is 0.583. The van der Waals surface area contributed by atoms with Crippen molar-refractivity contribution in [3.63, 3.8) is 0 Å². The van der Waals surface area contributed by atoms with Crippen molar-refractivity contribution in [1.82, 2.24) is 4.98 Å². The topological polar surface area (TPSA) is 38.9 Å². The van der Waals surface area contributed by atoms with E-state index in [2.05, 4.69) is 18.0 Å². The van der Waals surface area contributed by atoms with E-state index >= 15 is 0 Å². The number of aromatic nitrogens is 1. The molecule has 1 atom stereocenters. The van der Waals surface area contributed by atoms with Gasteiger partial charge < -0.3 is 5.73 Å². The van der Waals surface area contributed by atoms with Crippen LogP contribution in [0.1, 0.15) is 32.3 Å². The Hall–Kier alpha value is -0.540. The summed E-state index contributed by atoms with van der Waals surface area (Å²) in [6, 6.07) is 4.33. The van der Waals surface area contributed by atoms with Gasteiger partial charge in [0.05, 0.1) is 5.03 Å². The Kier molecular flexibility index (Phi) is 5.73. The third-order valence-corrected chi connectivity index (χ3v) is 3.26. The van der Waals surface area contributed by atoms with Crippen molar-refractivity contribution in [3.8, 4) is 0 Å². The maximum atomic E-state index is 5.81. The van der Waals surface area contributed by atoms with Gasteiger partial charge in [-0.3, -0.25) is 0 Å². The highest BCUT2D eigenvalue weighted by Crippen LogP contribution is 2.21. The standard InChI is InChI=1S/C12H20N2S/c1-3-4-8-15-12-11(9-10(2)13)6-5-7-14-12/h5-7,10H,3-4,8-9,13H2,1-2H3. The van der Waals surface area contributed by atoms with Crippen LogP contribution in [0.3, 0.4) is 0 Å². The summed E-state index contributed by atoms with van der Waals surface area (Å²) in [6.07, 6.45) is 5.27. The summed E-state index contributed by atoms with van der Waals surface area (Å²) < 4.78 is 0. The van der Waals surface area contributed by atoms with E-state index in [1.54, 1.807) is 0 Å². The van der Waals surface area contributed by atoms with E-state index in [4.69, 9.17) is 5.73 Å². The minimum atomic E-state index is 0.208. The van der Waals surface area contributed by atoms with E-state index in [0.717, 1.165) is 17.2 Å². The van der Waals surface area contributed by atoms with Gasteiger partial charge in [-0.2, -0.15) is 0 Å². The summed E-state index contributed by atoms with van der Waals surface area (Å²) in [5.74, 6) is 1.15. The molecule has 1 aromatic rings. The van der Waals surface area contributed by atoms with Crippen LogP contribution in [0.15, 0.2) is 23.4 Å². The predicted octanol–water partition coefficient (Wildman–Crippen LogP) is 2.86. The lowest BCUT2D eigenvalue weighted by Gasteiger charge is -2.09. The quantitative estimate of drug-likeness (QED) is 0.596. The fourth-order valence-electron chi connectivity index (χ4n) is 1.37. The third-order valence-electron chi connectivity index (χ3n) is 2.13. The van der Waals surface area contributed by atoms with Gasteiger partial charge in [-0.1, -0.05) is 19.4 Å². The van der Waals surface area contributed by atoms with Gasteiger partial charge in [-0.05, 0) is 37.1 Å². The zero-order valence-corrected chi connectivity index (χ0v) is 10.4. The highest BCUT2D eigenvalue weighted by Gasteiger charge is 2.05.